The second kappa shape index (κ2) is 5.00. The van der Waals surface area contributed by atoms with Crippen molar-refractivity contribution in [3.8, 4) is 0 Å². The van der Waals surface area contributed by atoms with Crippen molar-refractivity contribution < 1.29 is 2.74 Å². The predicted molar refractivity (Wildman–Crippen MR) is 29.8 cm³/mol. The Bertz CT molecular complexity index is 42.5. The molecular formula is C6H14. The van der Waals surface area contributed by atoms with Gasteiger partial charge in [0.05, 0.1) is 0 Å². The van der Waals surface area contributed by atoms with Crippen LogP contribution in [0.15, 0.2) is 0 Å². The normalized spacial score (nSPS) is 24.3. The molecule has 38 valence electrons. The molecule has 0 saturated heterocycles. The van der Waals surface area contributed by atoms with E-state index >= 15 is 0 Å². The lowest BCUT2D eigenvalue weighted by atomic mass is 10.2. The lowest BCUT2D eigenvalue weighted by molar-refractivity contribution is 0.702. The van der Waals surface area contributed by atoms with Crippen LogP contribution in [0.25, 0.3) is 0 Å². The molecule has 0 aliphatic carbocycles. The minimum absolute atomic E-state index is 0.0165. The number of rotatable bonds is 3. The molecular weight excluding hydrogens is 72.1 g/mol. The van der Waals surface area contributed by atoms with E-state index in [1.54, 1.807) is 0 Å². The van der Waals surface area contributed by atoms with E-state index < -0.39 is 0 Å². The Morgan fingerprint density at radius 2 is 1.50 bits per heavy atom. The Morgan fingerprint density at radius 3 is 1.67 bits per heavy atom. The van der Waals surface area contributed by atoms with E-state index in [1.807, 2.05) is 13.8 Å². The van der Waals surface area contributed by atoms with Gasteiger partial charge in [-0.25, -0.2) is 0 Å². The highest BCUT2D eigenvalue weighted by Gasteiger charge is 1.75. The van der Waals surface area contributed by atoms with Crippen molar-refractivity contribution in [1.29, 1.82) is 0 Å². The van der Waals surface area contributed by atoms with Gasteiger partial charge in [-0.3, -0.25) is 0 Å². The van der Waals surface area contributed by atoms with Gasteiger partial charge in [0.2, 0.25) is 0 Å². The minimum atomic E-state index is 0.0165. The molecule has 0 aliphatic heterocycles. The summed E-state index contributed by atoms with van der Waals surface area (Å²) in [6.07, 6.45) is 1.76. The van der Waals surface area contributed by atoms with E-state index in [0.29, 0.717) is 0 Å². The molecule has 0 N–H and O–H groups in total. The summed E-state index contributed by atoms with van der Waals surface area (Å²) in [5.41, 5.74) is 0. The van der Waals surface area contributed by atoms with Gasteiger partial charge in [0.25, 0.3) is 0 Å². The number of hydrogen-bond acceptors (Lipinski definition) is 0. The highest BCUT2D eigenvalue weighted by Crippen LogP contribution is 1.95. The van der Waals surface area contributed by atoms with Crippen molar-refractivity contribution in [2.75, 3.05) is 0 Å². The summed E-state index contributed by atoms with van der Waals surface area (Å²) in [5.74, 6) is 0. The summed E-state index contributed by atoms with van der Waals surface area (Å²) >= 11 is 0. The van der Waals surface area contributed by atoms with Gasteiger partial charge >= 0.3 is 0 Å². The van der Waals surface area contributed by atoms with Gasteiger partial charge in [0.15, 0.2) is 0 Å². The molecule has 0 aromatic rings. The molecule has 0 aromatic heterocycles. The summed E-state index contributed by atoms with van der Waals surface area (Å²) in [4.78, 5) is 0. The van der Waals surface area contributed by atoms with Crippen LogP contribution in [0, 0.1) is 0 Å². The summed E-state index contributed by atoms with van der Waals surface area (Å²) in [6, 6.07) is 0. The summed E-state index contributed by atoms with van der Waals surface area (Å²) < 4.78 is 14.2. The fourth-order valence-electron chi connectivity index (χ4n) is 0.333. The first-order chi connectivity index (χ1) is 3.63. The quantitative estimate of drug-likeness (QED) is 0.497. The summed E-state index contributed by atoms with van der Waals surface area (Å²) in [6.45, 7) is 3.73. The fraction of sp³-hybridized carbons (Fsp3) is 1.00. The van der Waals surface area contributed by atoms with Crippen molar-refractivity contribution in [1.82, 2.24) is 0 Å². The van der Waals surface area contributed by atoms with Crippen molar-refractivity contribution in [3.05, 3.63) is 0 Å². The molecule has 0 amide bonds. The molecule has 0 aromatic carbocycles. The van der Waals surface area contributed by atoms with Crippen LogP contribution in [0.3, 0.4) is 0 Å². The Balaban J connectivity index is 2.93. The lowest BCUT2D eigenvalue weighted by Crippen LogP contribution is -1.66. The second-order valence-corrected chi connectivity index (χ2v) is 1.39. The third-order valence-corrected chi connectivity index (χ3v) is 0.744. The van der Waals surface area contributed by atoms with E-state index in [-0.39, 0.29) is 12.8 Å². The predicted octanol–water partition coefficient (Wildman–Crippen LogP) is 2.59. The maximum absolute atomic E-state index is 7.09. The van der Waals surface area contributed by atoms with Crippen LogP contribution < -0.4 is 0 Å². The molecule has 0 unspecified atom stereocenters. The van der Waals surface area contributed by atoms with Crippen LogP contribution in [0.4, 0.5) is 0 Å². The Morgan fingerprint density at radius 1 is 1.17 bits per heavy atom. The zero-order valence-electron chi connectivity index (χ0n) is 6.57. The van der Waals surface area contributed by atoms with Gasteiger partial charge in [-0.05, 0) is 0 Å². The second-order valence-electron chi connectivity index (χ2n) is 1.39. The zero-order chi connectivity index (χ0) is 6.57. The van der Waals surface area contributed by atoms with Crippen LogP contribution in [0.5, 0.6) is 0 Å². The van der Waals surface area contributed by atoms with Gasteiger partial charge in [0, 0.05) is 2.74 Å². The van der Waals surface area contributed by atoms with Crippen molar-refractivity contribution in [2.45, 2.75) is 39.5 Å². The summed E-state index contributed by atoms with van der Waals surface area (Å²) in [5, 5.41) is 0. The molecule has 0 saturated carbocycles. The Hall–Kier alpha value is 0. The van der Waals surface area contributed by atoms with Gasteiger partial charge in [-0.15, -0.1) is 0 Å². The highest BCUT2D eigenvalue weighted by molar-refractivity contribution is 4.31. The molecule has 0 bridgehead atoms. The Kier molecular flexibility index (Phi) is 2.55. The molecule has 0 rings (SSSR count). The topological polar surface area (TPSA) is 0 Å². The van der Waals surface area contributed by atoms with Crippen molar-refractivity contribution in [2.24, 2.45) is 0 Å². The first-order valence-electron chi connectivity index (χ1n) is 3.63. The minimum Gasteiger partial charge on any atom is -0.0654 e. The van der Waals surface area contributed by atoms with Gasteiger partial charge in [-0.2, -0.15) is 0 Å². The van der Waals surface area contributed by atoms with Crippen LogP contribution >= 0.6 is 0 Å². The molecule has 0 spiro atoms. The first-order valence-corrected chi connectivity index (χ1v) is 2.47. The molecule has 0 aliphatic rings. The maximum Gasteiger partial charge on any atom is 0.0264 e. The molecule has 6 heavy (non-hydrogen) atoms. The molecule has 0 nitrogen and oxygen atoms in total. The van der Waals surface area contributed by atoms with Crippen molar-refractivity contribution in [3.63, 3.8) is 0 Å². The molecule has 0 heteroatoms. The van der Waals surface area contributed by atoms with Crippen LogP contribution in [0.2, 0.25) is 0 Å². The molecule has 0 radical (unpaired) electrons. The van der Waals surface area contributed by atoms with Gasteiger partial charge in [-0.1, -0.05) is 39.5 Å². The summed E-state index contributed by atoms with van der Waals surface area (Å²) in [7, 11) is 0. The van der Waals surface area contributed by atoms with Gasteiger partial charge < -0.3 is 0 Å². The van der Waals surface area contributed by atoms with E-state index in [1.165, 1.54) is 0 Å². The third kappa shape index (κ3) is 4.00. The number of hydrogen-bond donors (Lipinski definition) is 0. The molecule has 2 atom stereocenters. The van der Waals surface area contributed by atoms with E-state index in [2.05, 4.69) is 0 Å². The molecule has 0 fully saturated rings. The maximum atomic E-state index is 7.09. The van der Waals surface area contributed by atoms with E-state index in [9.17, 15) is 0 Å². The largest absolute Gasteiger partial charge is 0.0654 e. The lowest BCUT2D eigenvalue weighted by Gasteiger charge is -1.86. The standard InChI is InChI=1S/C6H14/c1-3-5-6-4-2/h3-6H2,1-2H3/i3D,4D/t3-,4+. The SMILES string of the molecule is [2H][C@H](C)CC[C@@H]([2H])C. The van der Waals surface area contributed by atoms with E-state index in [4.69, 9.17) is 2.74 Å². The average Bonchev–Trinajstić information content (AvgIpc) is 1.61. The smallest absolute Gasteiger partial charge is 0.0264 e. The van der Waals surface area contributed by atoms with Crippen LogP contribution in [-0.2, 0) is 0 Å². The van der Waals surface area contributed by atoms with Gasteiger partial charge in [0.1, 0.15) is 0 Å². The third-order valence-electron chi connectivity index (χ3n) is 0.744. The zero-order valence-corrected chi connectivity index (χ0v) is 4.57. The highest BCUT2D eigenvalue weighted by atomic mass is 13.8. The van der Waals surface area contributed by atoms with Crippen molar-refractivity contribution >= 4 is 0 Å². The van der Waals surface area contributed by atoms with Crippen LogP contribution in [-0.4, -0.2) is 0 Å². The monoisotopic (exact) mass is 88.1 g/mol. The fourth-order valence-corrected chi connectivity index (χ4v) is 0.333. The van der Waals surface area contributed by atoms with Crippen LogP contribution in [0.1, 0.15) is 42.2 Å². The first kappa shape index (κ1) is 3.06. The molecule has 0 heterocycles. The van der Waals surface area contributed by atoms with E-state index in [0.717, 1.165) is 12.8 Å². The Labute approximate surface area is 43.4 Å². The average molecular weight is 88.2 g/mol.